The van der Waals surface area contributed by atoms with Gasteiger partial charge in [-0.3, -0.25) is 0 Å². The van der Waals surface area contributed by atoms with Crippen LogP contribution in [-0.2, 0) is 12.8 Å². The Morgan fingerprint density at radius 1 is 1.44 bits per heavy atom. The minimum absolute atomic E-state index is 0.528. The molecule has 1 aliphatic rings. The number of hydrogen-bond donors (Lipinski definition) is 1. The lowest BCUT2D eigenvalue weighted by atomic mass is 10.4. The third-order valence-corrected chi connectivity index (χ3v) is 1.82. The Morgan fingerprint density at radius 2 is 2.33 bits per heavy atom. The van der Waals surface area contributed by atoms with E-state index >= 15 is 0 Å². The van der Waals surface area contributed by atoms with Crippen LogP contribution >= 0.6 is 12.2 Å². The predicted molar refractivity (Wildman–Crippen MR) is 35.9 cm³/mol. The molecule has 0 unspecified atom stereocenters. The van der Waals surface area contributed by atoms with E-state index in [4.69, 9.17) is 16.6 Å². The third kappa shape index (κ3) is 0.721. The van der Waals surface area contributed by atoms with Crippen molar-refractivity contribution in [2.24, 2.45) is 0 Å². The quantitative estimate of drug-likeness (QED) is 0.558. The molecule has 1 heterocycles. The maximum Gasteiger partial charge on any atom is 0.266 e. The van der Waals surface area contributed by atoms with Crippen molar-refractivity contribution in [2.45, 2.75) is 19.3 Å². The molecule has 2 rings (SSSR count). The maximum absolute atomic E-state index is 5.19. The predicted octanol–water partition coefficient (Wildman–Crippen LogP) is 1.83. The van der Waals surface area contributed by atoms with Crippen molar-refractivity contribution in [3.8, 4) is 0 Å². The maximum atomic E-state index is 5.19. The summed E-state index contributed by atoms with van der Waals surface area (Å²) in [7, 11) is 0. The number of aromatic nitrogens is 1. The second-order valence-electron chi connectivity index (χ2n) is 2.27. The van der Waals surface area contributed by atoms with E-state index in [1.807, 2.05) is 0 Å². The standard InChI is InChI=1S/C6H7NOS/c9-6-7-4-2-1-3-5(4)8-6/h1-3H2,(H,7,9). The van der Waals surface area contributed by atoms with Crippen LogP contribution < -0.4 is 0 Å². The van der Waals surface area contributed by atoms with E-state index in [0.29, 0.717) is 4.84 Å². The van der Waals surface area contributed by atoms with Gasteiger partial charge in [0, 0.05) is 6.42 Å². The lowest BCUT2D eigenvalue weighted by Crippen LogP contribution is -1.74. The number of H-pyrrole nitrogens is 1. The molecule has 0 amide bonds. The molecule has 0 saturated carbocycles. The van der Waals surface area contributed by atoms with E-state index in [-0.39, 0.29) is 0 Å². The zero-order valence-electron chi connectivity index (χ0n) is 4.94. The van der Waals surface area contributed by atoms with Crippen LogP contribution in [0.25, 0.3) is 0 Å². The number of fused-ring (bicyclic) bond motifs is 1. The van der Waals surface area contributed by atoms with E-state index in [2.05, 4.69) is 4.98 Å². The van der Waals surface area contributed by atoms with Gasteiger partial charge < -0.3 is 9.40 Å². The molecular formula is C6H7NOS. The molecule has 0 spiro atoms. The van der Waals surface area contributed by atoms with Crippen molar-refractivity contribution in [3.63, 3.8) is 0 Å². The van der Waals surface area contributed by atoms with Crippen molar-refractivity contribution in [1.82, 2.24) is 4.98 Å². The molecule has 1 aromatic heterocycles. The molecule has 0 bridgehead atoms. The molecule has 9 heavy (non-hydrogen) atoms. The first-order valence-corrected chi connectivity index (χ1v) is 3.48. The summed E-state index contributed by atoms with van der Waals surface area (Å²) < 4.78 is 5.19. The molecule has 1 aliphatic carbocycles. The lowest BCUT2D eigenvalue weighted by Gasteiger charge is -1.77. The van der Waals surface area contributed by atoms with Gasteiger partial charge in [0.05, 0.1) is 5.69 Å². The summed E-state index contributed by atoms with van der Waals surface area (Å²) in [5.74, 6) is 1.07. The number of nitrogens with one attached hydrogen (secondary N) is 1. The van der Waals surface area contributed by atoms with Crippen molar-refractivity contribution in [3.05, 3.63) is 16.3 Å². The molecule has 3 heteroatoms. The molecule has 1 aromatic rings. The van der Waals surface area contributed by atoms with Crippen molar-refractivity contribution in [1.29, 1.82) is 0 Å². The molecule has 0 fully saturated rings. The van der Waals surface area contributed by atoms with Gasteiger partial charge in [0.15, 0.2) is 0 Å². The Labute approximate surface area is 57.9 Å². The highest BCUT2D eigenvalue weighted by atomic mass is 32.1. The van der Waals surface area contributed by atoms with Crippen LogP contribution in [0.2, 0.25) is 0 Å². The summed E-state index contributed by atoms with van der Waals surface area (Å²) in [6, 6.07) is 0. The van der Waals surface area contributed by atoms with Gasteiger partial charge in [-0.25, -0.2) is 0 Å². The van der Waals surface area contributed by atoms with E-state index in [9.17, 15) is 0 Å². The summed E-state index contributed by atoms with van der Waals surface area (Å²) in [6.45, 7) is 0. The Bertz CT molecular complexity index is 248. The van der Waals surface area contributed by atoms with Gasteiger partial charge in [-0.2, -0.15) is 0 Å². The van der Waals surface area contributed by atoms with Crippen LogP contribution in [0, 0.1) is 4.84 Å². The fourth-order valence-corrected chi connectivity index (χ4v) is 1.45. The van der Waals surface area contributed by atoms with Crippen LogP contribution in [0.15, 0.2) is 4.42 Å². The van der Waals surface area contributed by atoms with E-state index in [0.717, 1.165) is 18.6 Å². The van der Waals surface area contributed by atoms with Gasteiger partial charge >= 0.3 is 0 Å². The largest absolute Gasteiger partial charge is 0.434 e. The van der Waals surface area contributed by atoms with Crippen LogP contribution in [-0.4, -0.2) is 4.98 Å². The van der Waals surface area contributed by atoms with Crippen molar-refractivity contribution in [2.75, 3.05) is 0 Å². The van der Waals surface area contributed by atoms with Gasteiger partial charge in [-0.15, -0.1) is 0 Å². The lowest BCUT2D eigenvalue weighted by molar-refractivity contribution is 0.493. The van der Waals surface area contributed by atoms with Crippen molar-refractivity contribution >= 4 is 12.2 Å². The topological polar surface area (TPSA) is 28.9 Å². The van der Waals surface area contributed by atoms with Crippen molar-refractivity contribution < 1.29 is 4.42 Å². The number of aromatic amines is 1. The van der Waals surface area contributed by atoms with Crippen LogP contribution in [0.3, 0.4) is 0 Å². The molecule has 0 atom stereocenters. The highest BCUT2D eigenvalue weighted by molar-refractivity contribution is 7.71. The zero-order chi connectivity index (χ0) is 6.27. The first-order valence-electron chi connectivity index (χ1n) is 3.07. The molecule has 0 saturated heterocycles. The fraction of sp³-hybridized carbons (Fsp3) is 0.500. The van der Waals surface area contributed by atoms with E-state index in [1.54, 1.807) is 0 Å². The average molecular weight is 141 g/mol. The summed E-state index contributed by atoms with van der Waals surface area (Å²) >= 11 is 4.80. The summed E-state index contributed by atoms with van der Waals surface area (Å²) in [6.07, 6.45) is 3.37. The third-order valence-electron chi connectivity index (χ3n) is 1.64. The first-order chi connectivity index (χ1) is 4.36. The SMILES string of the molecule is S=c1[nH]c2c(o1)CCC2. The molecule has 0 aromatic carbocycles. The molecule has 0 aliphatic heterocycles. The minimum Gasteiger partial charge on any atom is -0.434 e. The number of rotatable bonds is 0. The molecule has 48 valence electrons. The summed E-state index contributed by atoms with van der Waals surface area (Å²) in [5, 5.41) is 0. The van der Waals surface area contributed by atoms with Gasteiger partial charge in [0.25, 0.3) is 4.84 Å². The number of hydrogen-bond acceptors (Lipinski definition) is 2. The van der Waals surface area contributed by atoms with Gasteiger partial charge in [-0.05, 0) is 25.1 Å². The second-order valence-corrected chi connectivity index (χ2v) is 2.64. The second kappa shape index (κ2) is 1.70. The Hall–Kier alpha value is -0.570. The molecule has 1 N–H and O–H groups in total. The highest BCUT2D eigenvalue weighted by Gasteiger charge is 2.13. The van der Waals surface area contributed by atoms with Gasteiger partial charge in [0.2, 0.25) is 0 Å². The number of oxazole rings is 1. The van der Waals surface area contributed by atoms with Crippen LogP contribution in [0.1, 0.15) is 17.9 Å². The highest BCUT2D eigenvalue weighted by Crippen LogP contribution is 2.19. The van der Waals surface area contributed by atoms with Crippen LogP contribution in [0.5, 0.6) is 0 Å². The van der Waals surface area contributed by atoms with Gasteiger partial charge in [-0.1, -0.05) is 0 Å². The summed E-state index contributed by atoms with van der Waals surface area (Å²) in [4.78, 5) is 3.53. The fourth-order valence-electron chi connectivity index (χ4n) is 1.22. The Balaban J connectivity index is 2.64. The molecule has 2 nitrogen and oxygen atoms in total. The monoisotopic (exact) mass is 141 g/mol. The first kappa shape index (κ1) is 5.23. The van der Waals surface area contributed by atoms with E-state index in [1.165, 1.54) is 12.1 Å². The zero-order valence-corrected chi connectivity index (χ0v) is 5.75. The normalized spacial score (nSPS) is 16.0. The molecule has 0 radical (unpaired) electrons. The van der Waals surface area contributed by atoms with Crippen LogP contribution in [0.4, 0.5) is 0 Å². The number of aryl methyl sites for hydroxylation is 2. The Morgan fingerprint density at radius 3 is 3.11 bits per heavy atom. The Kier molecular flexibility index (Phi) is 0.990. The minimum atomic E-state index is 0.528. The van der Waals surface area contributed by atoms with Gasteiger partial charge in [0.1, 0.15) is 5.76 Å². The van der Waals surface area contributed by atoms with E-state index < -0.39 is 0 Å². The summed E-state index contributed by atoms with van der Waals surface area (Å²) in [5.41, 5.74) is 1.21. The average Bonchev–Trinajstić information content (AvgIpc) is 2.22. The smallest absolute Gasteiger partial charge is 0.266 e. The molecular weight excluding hydrogens is 134 g/mol.